The molecule has 148 valence electrons. The summed E-state index contributed by atoms with van der Waals surface area (Å²) >= 11 is 0. The first-order chi connectivity index (χ1) is 14.1. The summed E-state index contributed by atoms with van der Waals surface area (Å²) in [4.78, 5) is 30.0. The molecule has 1 saturated carbocycles. The van der Waals surface area contributed by atoms with Crippen LogP contribution in [-0.2, 0) is 6.54 Å². The van der Waals surface area contributed by atoms with Crippen molar-refractivity contribution < 1.29 is 14.5 Å². The van der Waals surface area contributed by atoms with E-state index < -0.39 is 4.92 Å². The highest BCUT2D eigenvalue weighted by Crippen LogP contribution is 2.32. The molecular weight excluding hydrogens is 372 g/mol. The fourth-order valence-corrected chi connectivity index (χ4v) is 3.27. The standard InChI is InChI=1S/C21H20N4O4/c1-29-18-7-2-15(3-8-18)13-24(17-5-6-17)21(26)16-4-9-19(20(12-16)25(27)28)23-11-10-22-14-23/h2-4,7-12,14,17H,5-6,13H2,1H3. The maximum absolute atomic E-state index is 13.2. The molecule has 3 aromatic rings. The number of nitro groups is 1. The Labute approximate surface area is 167 Å². The van der Waals surface area contributed by atoms with Gasteiger partial charge in [-0.3, -0.25) is 14.9 Å². The van der Waals surface area contributed by atoms with Gasteiger partial charge in [0.1, 0.15) is 11.4 Å². The summed E-state index contributed by atoms with van der Waals surface area (Å²) in [7, 11) is 1.61. The second-order valence-corrected chi connectivity index (χ2v) is 6.94. The van der Waals surface area contributed by atoms with Crippen LogP contribution in [0.1, 0.15) is 28.8 Å². The van der Waals surface area contributed by atoms with E-state index in [2.05, 4.69) is 4.98 Å². The van der Waals surface area contributed by atoms with E-state index in [0.717, 1.165) is 24.2 Å². The van der Waals surface area contributed by atoms with Gasteiger partial charge in [0.25, 0.3) is 11.6 Å². The molecule has 0 atom stereocenters. The van der Waals surface area contributed by atoms with Gasteiger partial charge in [-0.2, -0.15) is 0 Å². The third-order valence-corrected chi connectivity index (χ3v) is 4.96. The van der Waals surface area contributed by atoms with Gasteiger partial charge in [0.15, 0.2) is 0 Å². The van der Waals surface area contributed by atoms with Crippen LogP contribution in [0.4, 0.5) is 5.69 Å². The van der Waals surface area contributed by atoms with E-state index in [-0.39, 0.29) is 17.6 Å². The lowest BCUT2D eigenvalue weighted by molar-refractivity contribution is -0.384. The number of nitro benzene ring substituents is 1. The number of benzene rings is 2. The maximum atomic E-state index is 13.2. The second-order valence-electron chi connectivity index (χ2n) is 6.94. The molecule has 8 heteroatoms. The number of carbonyl (C=O) groups excluding carboxylic acids is 1. The Morgan fingerprint density at radius 2 is 2.03 bits per heavy atom. The van der Waals surface area contributed by atoms with Gasteiger partial charge >= 0.3 is 0 Å². The topological polar surface area (TPSA) is 90.5 Å². The average Bonchev–Trinajstić information content (AvgIpc) is 3.44. The molecule has 0 N–H and O–H groups in total. The molecule has 0 bridgehead atoms. The van der Waals surface area contributed by atoms with E-state index in [1.165, 1.54) is 12.4 Å². The van der Waals surface area contributed by atoms with E-state index in [4.69, 9.17) is 4.74 Å². The number of carbonyl (C=O) groups is 1. The average molecular weight is 392 g/mol. The molecule has 1 amide bonds. The van der Waals surface area contributed by atoms with Crippen molar-refractivity contribution in [3.8, 4) is 11.4 Å². The van der Waals surface area contributed by atoms with Crippen LogP contribution in [-0.4, -0.2) is 38.4 Å². The van der Waals surface area contributed by atoms with Gasteiger partial charge in [-0.05, 0) is 42.7 Å². The summed E-state index contributed by atoms with van der Waals surface area (Å²) in [6, 6.07) is 12.3. The minimum Gasteiger partial charge on any atom is -0.497 e. The minimum atomic E-state index is -0.475. The van der Waals surface area contributed by atoms with Crippen molar-refractivity contribution >= 4 is 11.6 Å². The molecule has 0 aliphatic heterocycles. The van der Waals surface area contributed by atoms with E-state index >= 15 is 0 Å². The Balaban J connectivity index is 1.62. The van der Waals surface area contributed by atoms with Crippen LogP contribution < -0.4 is 4.74 Å². The summed E-state index contributed by atoms with van der Waals surface area (Å²) < 4.78 is 6.74. The van der Waals surface area contributed by atoms with Gasteiger partial charge in [-0.25, -0.2) is 4.98 Å². The Morgan fingerprint density at radius 3 is 2.62 bits per heavy atom. The van der Waals surface area contributed by atoms with Crippen molar-refractivity contribution in [3.63, 3.8) is 0 Å². The number of hydrogen-bond acceptors (Lipinski definition) is 5. The molecule has 0 unspecified atom stereocenters. The van der Waals surface area contributed by atoms with E-state index in [1.807, 2.05) is 24.3 Å². The SMILES string of the molecule is COc1ccc(CN(C(=O)c2ccc(-n3ccnc3)c([N+](=O)[O-])c2)C2CC2)cc1. The number of amides is 1. The van der Waals surface area contributed by atoms with Crippen LogP contribution in [0.15, 0.2) is 61.2 Å². The fraction of sp³-hybridized carbons (Fsp3) is 0.238. The zero-order valence-corrected chi connectivity index (χ0v) is 15.9. The highest BCUT2D eigenvalue weighted by atomic mass is 16.6. The molecule has 29 heavy (non-hydrogen) atoms. The molecule has 0 saturated heterocycles. The third kappa shape index (κ3) is 3.96. The number of hydrogen-bond donors (Lipinski definition) is 0. The van der Waals surface area contributed by atoms with Crippen LogP contribution >= 0.6 is 0 Å². The van der Waals surface area contributed by atoms with E-state index in [9.17, 15) is 14.9 Å². The molecule has 1 aromatic heterocycles. The zero-order valence-electron chi connectivity index (χ0n) is 15.9. The summed E-state index contributed by atoms with van der Waals surface area (Å²) in [5, 5.41) is 11.6. The molecule has 4 rings (SSSR count). The third-order valence-electron chi connectivity index (χ3n) is 4.96. The predicted octanol–water partition coefficient (Wildman–Crippen LogP) is 3.59. The van der Waals surface area contributed by atoms with Crippen molar-refractivity contribution in [2.24, 2.45) is 0 Å². The molecule has 1 heterocycles. The van der Waals surface area contributed by atoms with Crippen molar-refractivity contribution in [2.75, 3.05) is 7.11 Å². The maximum Gasteiger partial charge on any atom is 0.294 e. The highest BCUT2D eigenvalue weighted by molar-refractivity contribution is 5.95. The second kappa shape index (κ2) is 7.75. The largest absolute Gasteiger partial charge is 0.497 e. The molecule has 1 aliphatic rings. The van der Waals surface area contributed by atoms with Gasteiger partial charge in [-0.15, -0.1) is 0 Å². The van der Waals surface area contributed by atoms with Crippen molar-refractivity contribution in [3.05, 3.63) is 82.4 Å². The van der Waals surface area contributed by atoms with Crippen molar-refractivity contribution in [1.29, 1.82) is 0 Å². The minimum absolute atomic E-state index is 0.131. The Morgan fingerprint density at radius 1 is 1.28 bits per heavy atom. The lowest BCUT2D eigenvalue weighted by Gasteiger charge is -2.23. The monoisotopic (exact) mass is 392 g/mol. The summed E-state index contributed by atoms with van der Waals surface area (Å²) in [5.74, 6) is 0.548. The molecule has 0 radical (unpaired) electrons. The highest BCUT2D eigenvalue weighted by Gasteiger charge is 2.34. The number of imidazole rings is 1. The normalized spacial score (nSPS) is 13.1. The van der Waals surface area contributed by atoms with Gasteiger partial charge in [0, 0.05) is 36.6 Å². The van der Waals surface area contributed by atoms with Crippen LogP contribution in [0.3, 0.4) is 0 Å². The molecule has 0 spiro atoms. The lowest BCUT2D eigenvalue weighted by Crippen LogP contribution is -2.32. The predicted molar refractivity (Wildman–Crippen MR) is 106 cm³/mol. The van der Waals surface area contributed by atoms with Gasteiger partial charge < -0.3 is 14.2 Å². The molecule has 1 fully saturated rings. The first-order valence-electron chi connectivity index (χ1n) is 9.27. The van der Waals surface area contributed by atoms with Gasteiger partial charge in [0.2, 0.25) is 0 Å². The zero-order chi connectivity index (χ0) is 20.4. The number of methoxy groups -OCH3 is 1. The quantitative estimate of drug-likeness (QED) is 0.453. The summed E-state index contributed by atoms with van der Waals surface area (Å²) in [5.41, 5.74) is 1.53. The van der Waals surface area contributed by atoms with E-state index in [0.29, 0.717) is 17.8 Å². The van der Waals surface area contributed by atoms with Crippen molar-refractivity contribution in [1.82, 2.24) is 14.5 Å². The smallest absolute Gasteiger partial charge is 0.294 e. The van der Waals surface area contributed by atoms with Crippen molar-refractivity contribution in [2.45, 2.75) is 25.4 Å². The number of rotatable bonds is 7. The first kappa shape index (κ1) is 18.7. The number of nitrogens with zero attached hydrogens (tertiary/aromatic N) is 4. The van der Waals surface area contributed by atoms with Crippen LogP contribution in [0.25, 0.3) is 5.69 Å². The molecule has 1 aliphatic carbocycles. The first-order valence-corrected chi connectivity index (χ1v) is 9.27. The van der Waals surface area contributed by atoms with Crippen LogP contribution in [0, 0.1) is 10.1 Å². The van der Waals surface area contributed by atoms with Crippen LogP contribution in [0.5, 0.6) is 5.75 Å². The fourth-order valence-electron chi connectivity index (χ4n) is 3.27. The van der Waals surface area contributed by atoms with Gasteiger partial charge in [-0.1, -0.05) is 12.1 Å². The Hall–Kier alpha value is -3.68. The van der Waals surface area contributed by atoms with Crippen LogP contribution in [0.2, 0.25) is 0 Å². The molecule has 8 nitrogen and oxygen atoms in total. The molecular formula is C21H20N4O4. The Kier molecular flexibility index (Phi) is 4.99. The summed E-state index contributed by atoms with van der Waals surface area (Å²) in [6.45, 7) is 0.449. The number of aromatic nitrogens is 2. The number of ether oxygens (including phenoxy) is 1. The lowest BCUT2D eigenvalue weighted by atomic mass is 10.1. The molecule has 2 aromatic carbocycles. The van der Waals surface area contributed by atoms with Gasteiger partial charge in [0.05, 0.1) is 18.4 Å². The van der Waals surface area contributed by atoms with E-state index in [1.54, 1.807) is 41.1 Å². The summed E-state index contributed by atoms with van der Waals surface area (Å²) in [6.07, 6.45) is 6.55. The Bertz CT molecular complexity index is 1030.